The minimum Gasteiger partial charge on any atom is -0.379 e. The Labute approximate surface area is 83.1 Å². The van der Waals surface area contributed by atoms with E-state index < -0.39 is 0 Å². The van der Waals surface area contributed by atoms with Crippen molar-refractivity contribution < 1.29 is 4.74 Å². The molecule has 0 aliphatic heterocycles. The Kier molecular flexibility index (Phi) is 4.93. The molecule has 0 rings (SSSR count). The van der Waals surface area contributed by atoms with Gasteiger partial charge in [-0.15, -0.1) is 0 Å². The Hall–Kier alpha value is -0.0800. The predicted octanol–water partition coefficient (Wildman–Crippen LogP) is 2.58. The predicted molar refractivity (Wildman–Crippen MR) is 58.1 cm³/mol. The lowest BCUT2D eigenvalue weighted by molar-refractivity contribution is 0.0145. The van der Waals surface area contributed by atoms with Crippen molar-refractivity contribution in [2.75, 3.05) is 13.7 Å². The van der Waals surface area contributed by atoms with Crippen LogP contribution in [0.25, 0.3) is 0 Å². The first-order valence-electron chi connectivity index (χ1n) is 5.13. The van der Waals surface area contributed by atoms with Crippen molar-refractivity contribution in [3.05, 3.63) is 0 Å². The van der Waals surface area contributed by atoms with Crippen LogP contribution in [-0.2, 0) is 4.74 Å². The van der Waals surface area contributed by atoms with E-state index in [1.165, 1.54) is 0 Å². The third-order valence-electron chi connectivity index (χ3n) is 2.77. The van der Waals surface area contributed by atoms with E-state index in [-0.39, 0.29) is 11.1 Å². The van der Waals surface area contributed by atoms with Crippen molar-refractivity contribution in [2.24, 2.45) is 0 Å². The van der Waals surface area contributed by atoms with Gasteiger partial charge in [0.1, 0.15) is 0 Å². The minimum atomic E-state index is -0.00315. The van der Waals surface area contributed by atoms with Crippen LogP contribution in [0.2, 0.25) is 0 Å². The van der Waals surface area contributed by atoms with Crippen molar-refractivity contribution in [3.8, 4) is 0 Å². The second-order valence-electron chi connectivity index (χ2n) is 4.88. The van der Waals surface area contributed by atoms with E-state index in [9.17, 15) is 0 Å². The van der Waals surface area contributed by atoms with Gasteiger partial charge in [-0.05, 0) is 47.1 Å². The first-order chi connectivity index (χ1) is 5.83. The maximum Gasteiger partial charge on any atom is 0.0634 e. The summed E-state index contributed by atoms with van der Waals surface area (Å²) >= 11 is 0. The Morgan fingerprint density at radius 2 is 1.69 bits per heavy atom. The van der Waals surface area contributed by atoms with Crippen molar-refractivity contribution >= 4 is 0 Å². The zero-order valence-electron chi connectivity index (χ0n) is 10.0. The molecule has 0 heterocycles. The fourth-order valence-corrected chi connectivity index (χ4v) is 0.929. The molecule has 0 aliphatic rings. The first kappa shape index (κ1) is 12.9. The van der Waals surface area contributed by atoms with Crippen LogP contribution in [0.4, 0.5) is 0 Å². The van der Waals surface area contributed by atoms with Gasteiger partial charge in [0, 0.05) is 12.6 Å². The van der Waals surface area contributed by atoms with Crippen molar-refractivity contribution in [2.45, 2.75) is 58.6 Å². The average Bonchev–Trinajstić information content (AvgIpc) is 2.04. The molecule has 0 bridgehead atoms. The molecule has 0 aromatic heterocycles. The van der Waals surface area contributed by atoms with E-state index in [1.807, 2.05) is 0 Å². The topological polar surface area (TPSA) is 21.3 Å². The minimum absolute atomic E-state index is 0.00315. The Morgan fingerprint density at radius 3 is 2.08 bits per heavy atom. The molecule has 0 saturated heterocycles. The summed E-state index contributed by atoms with van der Waals surface area (Å²) in [4.78, 5) is 0. The molecule has 0 saturated carbocycles. The van der Waals surface area contributed by atoms with Gasteiger partial charge in [-0.3, -0.25) is 0 Å². The summed E-state index contributed by atoms with van der Waals surface area (Å²) in [6.45, 7) is 11.9. The lowest BCUT2D eigenvalue weighted by Gasteiger charge is -2.28. The number of nitrogens with one attached hydrogen (secondary N) is 1. The van der Waals surface area contributed by atoms with Gasteiger partial charge in [0.2, 0.25) is 0 Å². The maximum absolute atomic E-state index is 5.35. The zero-order valence-corrected chi connectivity index (χ0v) is 10.0. The molecule has 0 unspecified atom stereocenters. The first-order valence-corrected chi connectivity index (χ1v) is 5.13. The number of rotatable bonds is 6. The van der Waals surface area contributed by atoms with Gasteiger partial charge in [-0.2, -0.15) is 0 Å². The highest BCUT2D eigenvalue weighted by molar-refractivity contribution is 4.77. The third kappa shape index (κ3) is 6.05. The van der Waals surface area contributed by atoms with E-state index >= 15 is 0 Å². The van der Waals surface area contributed by atoms with Crippen molar-refractivity contribution in [1.82, 2.24) is 5.32 Å². The van der Waals surface area contributed by atoms with Crippen LogP contribution in [0, 0.1) is 0 Å². The van der Waals surface area contributed by atoms with Crippen LogP contribution in [0.5, 0.6) is 0 Å². The number of ether oxygens (including phenoxy) is 1. The normalized spacial score (nSPS) is 13.4. The summed E-state index contributed by atoms with van der Waals surface area (Å²) in [5, 5.41) is 3.52. The molecule has 0 fully saturated rings. The molecule has 0 aromatic rings. The van der Waals surface area contributed by atoms with Crippen molar-refractivity contribution in [3.63, 3.8) is 0 Å². The van der Waals surface area contributed by atoms with Crippen LogP contribution in [-0.4, -0.2) is 24.8 Å². The number of hydrogen-bond acceptors (Lipinski definition) is 2. The lowest BCUT2D eigenvalue weighted by Crippen LogP contribution is -2.41. The van der Waals surface area contributed by atoms with Gasteiger partial charge in [0.15, 0.2) is 0 Å². The van der Waals surface area contributed by atoms with Gasteiger partial charge in [0.25, 0.3) is 0 Å². The average molecular weight is 187 g/mol. The SMILES string of the molecule is CCC(C)(C)NCCC(C)(C)OC. The van der Waals surface area contributed by atoms with Crippen molar-refractivity contribution in [1.29, 1.82) is 0 Å². The third-order valence-corrected chi connectivity index (χ3v) is 2.77. The van der Waals surface area contributed by atoms with E-state index in [0.717, 1.165) is 19.4 Å². The fourth-order valence-electron chi connectivity index (χ4n) is 0.929. The summed E-state index contributed by atoms with van der Waals surface area (Å²) in [7, 11) is 1.77. The van der Waals surface area contributed by atoms with E-state index in [2.05, 4.69) is 39.9 Å². The molecule has 2 nitrogen and oxygen atoms in total. The zero-order chi connectivity index (χ0) is 10.5. The molecule has 13 heavy (non-hydrogen) atoms. The quantitative estimate of drug-likeness (QED) is 0.690. The molecule has 0 aromatic carbocycles. The van der Waals surface area contributed by atoms with Gasteiger partial charge >= 0.3 is 0 Å². The fraction of sp³-hybridized carbons (Fsp3) is 1.00. The second-order valence-corrected chi connectivity index (χ2v) is 4.88. The molecule has 80 valence electrons. The Balaban J connectivity index is 3.68. The summed E-state index contributed by atoms with van der Waals surface area (Å²) in [5.41, 5.74) is 0.251. The Morgan fingerprint density at radius 1 is 1.15 bits per heavy atom. The molecule has 0 aliphatic carbocycles. The summed E-state index contributed by atoms with van der Waals surface area (Å²) in [6, 6.07) is 0. The van der Waals surface area contributed by atoms with Crippen LogP contribution < -0.4 is 5.32 Å². The van der Waals surface area contributed by atoms with E-state index in [4.69, 9.17) is 4.74 Å². The maximum atomic E-state index is 5.35. The van der Waals surface area contributed by atoms with Crippen LogP contribution in [0.15, 0.2) is 0 Å². The van der Waals surface area contributed by atoms with Crippen LogP contribution >= 0.6 is 0 Å². The molecule has 0 amide bonds. The monoisotopic (exact) mass is 187 g/mol. The van der Waals surface area contributed by atoms with Gasteiger partial charge in [-0.25, -0.2) is 0 Å². The van der Waals surface area contributed by atoms with Crippen LogP contribution in [0.3, 0.4) is 0 Å². The Bertz CT molecular complexity index is 125. The summed E-state index contributed by atoms with van der Waals surface area (Å²) in [6.07, 6.45) is 2.20. The summed E-state index contributed by atoms with van der Waals surface area (Å²) in [5.74, 6) is 0. The molecule has 0 spiro atoms. The number of hydrogen-bond donors (Lipinski definition) is 1. The van der Waals surface area contributed by atoms with E-state index in [1.54, 1.807) is 7.11 Å². The molecule has 0 radical (unpaired) electrons. The van der Waals surface area contributed by atoms with Gasteiger partial charge in [-0.1, -0.05) is 6.92 Å². The molecule has 2 heteroatoms. The lowest BCUT2D eigenvalue weighted by atomic mass is 10.00. The second kappa shape index (κ2) is 4.97. The highest BCUT2D eigenvalue weighted by Crippen LogP contribution is 2.13. The largest absolute Gasteiger partial charge is 0.379 e. The smallest absolute Gasteiger partial charge is 0.0634 e. The molecular weight excluding hydrogens is 162 g/mol. The van der Waals surface area contributed by atoms with E-state index in [0.29, 0.717) is 0 Å². The standard InChI is InChI=1S/C11H25NO/c1-7-10(2,3)12-9-8-11(4,5)13-6/h12H,7-9H2,1-6H3. The number of methoxy groups -OCH3 is 1. The van der Waals surface area contributed by atoms with Crippen LogP contribution in [0.1, 0.15) is 47.5 Å². The molecule has 1 N–H and O–H groups in total. The molecule has 0 atom stereocenters. The highest BCUT2D eigenvalue weighted by atomic mass is 16.5. The van der Waals surface area contributed by atoms with Gasteiger partial charge < -0.3 is 10.1 Å². The molecular formula is C11H25NO. The highest BCUT2D eigenvalue weighted by Gasteiger charge is 2.18. The summed E-state index contributed by atoms with van der Waals surface area (Å²) < 4.78 is 5.35. The van der Waals surface area contributed by atoms with Gasteiger partial charge in [0.05, 0.1) is 5.60 Å².